The van der Waals surface area contributed by atoms with E-state index in [2.05, 4.69) is 16.5 Å². The van der Waals surface area contributed by atoms with Crippen LogP contribution in [0.4, 0.5) is 0 Å². The molecule has 0 bridgehead atoms. The van der Waals surface area contributed by atoms with Crippen molar-refractivity contribution < 1.29 is 8.42 Å². The van der Waals surface area contributed by atoms with E-state index in [0.717, 1.165) is 0 Å². The fourth-order valence-corrected chi connectivity index (χ4v) is 3.22. The van der Waals surface area contributed by atoms with Crippen LogP contribution < -0.4 is 0 Å². The van der Waals surface area contributed by atoms with Crippen molar-refractivity contribution in [2.45, 2.75) is 38.3 Å². The lowest BCUT2D eigenvalue weighted by atomic mass is 10.1. The van der Waals surface area contributed by atoms with Crippen LogP contribution in [-0.4, -0.2) is 34.8 Å². The number of hydrogen-bond donors (Lipinski definition) is 1. The van der Waals surface area contributed by atoms with Gasteiger partial charge >= 0.3 is 0 Å². The molecule has 0 aliphatic carbocycles. The third kappa shape index (κ3) is 2.95. The molecule has 0 saturated carbocycles. The average Bonchev–Trinajstić information content (AvgIpc) is 2.59. The van der Waals surface area contributed by atoms with E-state index >= 15 is 0 Å². The summed E-state index contributed by atoms with van der Waals surface area (Å²) in [7, 11) is -3.56. The summed E-state index contributed by atoms with van der Waals surface area (Å²) in [5, 5.41) is 0.117. The fourth-order valence-electron chi connectivity index (χ4n) is 1.50. The number of aromatic amines is 1. The Morgan fingerprint density at radius 2 is 2.12 bits per heavy atom. The normalized spacial score (nSPS) is 13.0. The standard InChI is InChI=1S/C11H19N3O2S/c1-6-7-14(11(3,4)5)17(15,16)10-8-12-9(2)13-10/h6,8H,1,7H2,2-5H3,(H,12,13). The van der Waals surface area contributed by atoms with Crippen LogP contribution in [0.2, 0.25) is 0 Å². The zero-order valence-electron chi connectivity index (χ0n) is 10.7. The van der Waals surface area contributed by atoms with Crippen LogP contribution in [0.1, 0.15) is 26.6 Å². The zero-order valence-corrected chi connectivity index (χ0v) is 11.5. The number of aromatic nitrogens is 2. The first kappa shape index (κ1) is 13.9. The van der Waals surface area contributed by atoms with Gasteiger partial charge in [0.1, 0.15) is 5.82 Å². The molecule has 6 heteroatoms. The van der Waals surface area contributed by atoms with Gasteiger partial charge < -0.3 is 4.98 Å². The summed E-state index contributed by atoms with van der Waals surface area (Å²) in [6.07, 6.45) is 2.92. The molecule has 0 aliphatic heterocycles. The van der Waals surface area contributed by atoms with Gasteiger partial charge in [0.25, 0.3) is 10.0 Å². The molecule has 1 aromatic heterocycles. The van der Waals surface area contributed by atoms with Gasteiger partial charge in [0.2, 0.25) is 0 Å². The quantitative estimate of drug-likeness (QED) is 0.835. The van der Waals surface area contributed by atoms with Crippen LogP contribution in [0, 0.1) is 6.92 Å². The van der Waals surface area contributed by atoms with Crippen molar-refractivity contribution in [2.24, 2.45) is 0 Å². The lowest BCUT2D eigenvalue weighted by Crippen LogP contribution is -2.45. The molecule has 5 nitrogen and oxygen atoms in total. The Bertz CT molecular complexity index is 497. The van der Waals surface area contributed by atoms with Crippen LogP contribution in [0.5, 0.6) is 0 Å². The zero-order chi connectivity index (χ0) is 13.3. The maximum atomic E-state index is 12.4. The molecule has 0 spiro atoms. The second kappa shape index (κ2) is 4.62. The predicted octanol–water partition coefficient (Wildman–Crippen LogP) is 1.69. The Morgan fingerprint density at radius 1 is 1.53 bits per heavy atom. The fraction of sp³-hybridized carbons (Fsp3) is 0.545. The molecule has 0 amide bonds. The Kier molecular flexibility index (Phi) is 3.78. The van der Waals surface area contributed by atoms with E-state index in [1.807, 2.05) is 20.8 Å². The van der Waals surface area contributed by atoms with Crippen molar-refractivity contribution in [3.8, 4) is 0 Å². The number of aryl methyl sites for hydroxylation is 1. The molecule has 0 saturated heterocycles. The van der Waals surface area contributed by atoms with Crippen LogP contribution in [-0.2, 0) is 10.0 Å². The highest BCUT2D eigenvalue weighted by atomic mass is 32.2. The molecule has 0 atom stereocenters. The Labute approximate surface area is 103 Å². The summed E-state index contributed by atoms with van der Waals surface area (Å²) in [5.41, 5.74) is -0.508. The van der Waals surface area contributed by atoms with E-state index in [-0.39, 0.29) is 11.6 Å². The van der Waals surface area contributed by atoms with E-state index in [4.69, 9.17) is 0 Å². The Hall–Kier alpha value is -1.14. The third-order valence-electron chi connectivity index (χ3n) is 2.29. The van der Waals surface area contributed by atoms with Crippen LogP contribution in [0.3, 0.4) is 0 Å². The van der Waals surface area contributed by atoms with Crippen molar-refractivity contribution in [2.75, 3.05) is 6.54 Å². The smallest absolute Gasteiger partial charge is 0.260 e. The topological polar surface area (TPSA) is 66.1 Å². The minimum Gasteiger partial charge on any atom is -0.332 e. The lowest BCUT2D eigenvalue weighted by Gasteiger charge is -2.32. The largest absolute Gasteiger partial charge is 0.332 e. The molecule has 0 aromatic carbocycles. The van der Waals surface area contributed by atoms with Crippen molar-refractivity contribution in [3.05, 3.63) is 24.7 Å². The van der Waals surface area contributed by atoms with Gasteiger partial charge in [-0.25, -0.2) is 13.4 Å². The van der Waals surface area contributed by atoms with Gasteiger partial charge in [-0.15, -0.1) is 6.58 Å². The Balaban J connectivity index is 3.22. The van der Waals surface area contributed by atoms with Gasteiger partial charge in [0, 0.05) is 12.1 Å². The monoisotopic (exact) mass is 257 g/mol. The second-order valence-corrected chi connectivity index (χ2v) is 6.66. The number of sulfonamides is 1. The first-order chi connectivity index (χ1) is 7.69. The molecule has 1 rings (SSSR count). The number of H-pyrrole nitrogens is 1. The maximum absolute atomic E-state index is 12.4. The summed E-state index contributed by atoms with van der Waals surface area (Å²) in [5.74, 6) is 0.580. The van der Waals surface area contributed by atoms with Crippen LogP contribution in [0.25, 0.3) is 0 Å². The van der Waals surface area contributed by atoms with Crippen molar-refractivity contribution in [3.63, 3.8) is 0 Å². The van der Waals surface area contributed by atoms with Gasteiger partial charge in [0.15, 0.2) is 5.03 Å². The van der Waals surface area contributed by atoms with E-state index in [1.54, 1.807) is 13.0 Å². The highest BCUT2D eigenvalue weighted by molar-refractivity contribution is 7.89. The van der Waals surface area contributed by atoms with Gasteiger partial charge in [-0.2, -0.15) is 4.31 Å². The molecule has 0 radical (unpaired) electrons. The van der Waals surface area contributed by atoms with Crippen molar-refractivity contribution >= 4 is 10.0 Å². The summed E-state index contributed by atoms with van der Waals surface area (Å²) >= 11 is 0. The lowest BCUT2D eigenvalue weighted by molar-refractivity contribution is 0.269. The van der Waals surface area contributed by atoms with Gasteiger partial charge in [-0.3, -0.25) is 0 Å². The van der Waals surface area contributed by atoms with Crippen molar-refractivity contribution in [1.82, 2.24) is 14.3 Å². The second-order valence-electron chi connectivity index (χ2n) is 4.83. The molecule has 0 fully saturated rings. The number of imidazole rings is 1. The molecular formula is C11H19N3O2S. The summed E-state index contributed by atoms with van der Waals surface area (Å²) in [6, 6.07) is 0. The molecular weight excluding hydrogens is 238 g/mol. The number of nitrogens with one attached hydrogen (secondary N) is 1. The number of hydrogen-bond acceptors (Lipinski definition) is 3. The first-order valence-corrected chi connectivity index (χ1v) is 6.79. The SMILES string of the molecule is C=CCN(C(C)(C)C)S(=O)(=O)c1cnc(C)[nH]1. The van der Waals surface area contributed by atoms with Crippen LogP contribution in [0.15, 0.2) is 23.9 Å². The molecule has 17 heavy (non-hydrogen) atoms. The molecule has 1 aromatic rings. The minimum absolute atomic E-state index is 0.117. The average molecular weight is 257 g/mol. The summed E-state index contributed by atoms with van der Waals surface area (Å²) in [4.78, 5) is 6.67. The first-order valence-electron chi connectivity index (χ1n) is 5.35. The van der Waals surface area contributed by atoms with Gasteiger partial charge in [0.05, 0.1) is 6.20 Å². The van der Waals surface area contributed by atoms with Crippen molar-refractivity contribution in [1.29, 1.82) is 0 Å². The summed E-state index contributed by atoms with van der Waals surface area (Å²) in [6.45, 7) is 11.1. The highest BCUT2D eigenvalue weighted by Crippen LogP contribution is 2.23. The molecule has 96 valence electrons. The molecule has 1 N–H and O–H groups in total. The number of rotatable bonds is 4. The molecule has 0 aliphatic rings. The molecule has 1 heterocycles. The minimum atomic E-state index is -3.56. The van der Waals surface area contributed by atoms with Gasteiger partial charge in [-0.05, 0) is 27.7 Å². The summed E-state index contributed by atoms with van der Waals surface area (Å²) < 4.78 is 26.2. The highest BCUT2D eigenvalue weighted by Gasteiger charge is 2.34. The third-order valence-corrected chi connectivity index (χ3v) is 4.33. The Morgan fingerprint density at radius 3 is 2.47 bits per heavy atom. The number of nitrogens with zero attached hydrogens (tertiary/aromatic N) is 2. The van der Waals surface area contributed by atoms with E-state index in [1.165, 1.54) is 10.5 Å². The van der Waals surface area contributed by atoms with E-state index in [9.17, 15) is 8.42 Å². The van der Waals surface area contributed by atoms with E-state index < -0.39 is 15.6 Å². The molecule has 0 unspecified atom stereocenters. The van der Waals surface area contributed by atoms with Crippen LogP contribution >= 0.6 is 0 Å². The maximum Gasteiger partial charge on any atom is 0.260 e. The van der Waals surface area contributed by atoms with E-state index in [0.29, 0.717) is 5.82 Å². The predicted molar refractivity (Wildman–Crippen MR) is 67.2 cm³/mol. The van der Waals surface area contributed by atoms with Gasteiger partial charge in [-0.1, -0.05) is 6.08 Å².